The van der Waals surface area contributed by atoms with E-state index in [1.165, 1.54) is 11.1 Å². The number of nitrogens with zero attached hydrogens (tertiary/aromatic N) is 4. The Balaban J connectivity index is 1.28. The number of ether oxygens (including phenoxy) is 1. The number of carbonyl (C=O) groups is 2. The minimum atomic E-state index is -2.71. The molecule has 0 bridgehead atoms. The van der Waals surface area contributed by atoms with Crippen molar-refractivity contribution in [1.82, 2.24) is 14.8 Å². The van der Waals surface area contributed by atoms with Gasteiger partial charge in [-0.3, -0.25) is 9.59 Å². The van der Waals surface area contributed by atoms with Gasteiger partial charge in [0.05, 0.1) is 17.6 Å². The van der Waals surface area contributed by atoms with Crippen molar-refractivity contribution in [1.29, 1.82) is 0 Å². The van der Waals surface area contributed by atoms with Crippen LogP contribution in [0.25, 0.3) is 0 Å². The molecule has 1 aliphatic carbocycles. The number of hydrogen-bond donors (Lipinski definition) is 0. The van der Waals surface area contributed by atoms with Crippen molar-refractivity contribution in [2.75, 3.05) is 38.2 Å². The molecule has 0 radical (unpaired) electrons. The molecule has 2 aromatic rings. The number of benzene rings is 1. The molecule has 2 fully saturated rings. The van der Waals surface area contributed by atoms with E-state index < -0.39 is 5.92 Å². The summed E-state index contributed by atoms with van der Waals surface area (Å²) >= 11 is 0. The first-order valence-corrected chi connectivity index (χ1v) is 11.3. The SMILES string of the molecule is CN1C(=O)c2ccc(N3CCOc4cc(C(=O)N5CCC(F)(F)CC5)cnc43)cc2C12CC2. The van der Waals surface area contributed by atoms with Gasteiger partial charge in [-0.25, -0.2) is 13.8 Å². The monoisotopic (exact) mass is 454 g/mol. The summed E-state index contributed by atoms with van der Waals surface area (Å²) in [5, 5.41) is 0. The maximum Gasteiger partial charge on any atom is 0.255 e. The molecule has 9 heteroatoms. The summed E-state index contributed by atoms with van der Waals surface area (Å²) in [7, 11) is 1.86. The van der Waals surface area contributed by atoms with Gasteiger partial charge in [-0.2, -0.15) is 0 Å². The van der Waals surface area contributed by atoms with Gasteiger partial charge < -0.3 is 19.4 Å². The fourth-order valence-corrected chi connectivity index (χ4v) is 5.24. The Morgan fingerprint density at radius 2 is 1.85 bits per heavy atom. The van der Waals surface area contributed by atoms with E-state index in [1.807, 2.05) is 29.0 Å². The highest BCUT2D eigenvalue weighted by Crippen LogP contribution is 2.56. The van der Waals surface area contributed by atoms with Crippen LogP contribution < -0.4 is 9.64 Å². The van der Waals surface area contributed by atoms with Crippen LogP contribution in [-0.2, 0) is 5.54 Å². The fraction of sp³-hybridized carbons (Fsp3) is 0.458. The Kier molecular flexibility index (Phi) is 4.25. The van der Waals surface area contributed by atoms with E-state index in [-0.39, 0.29) is 43.3 Å². The molecule has 33 heavy (non-hydrogen) atoms. The molecule has 6 rings (SSSR count). The molecule has 0 atom stereocenters. The van der Waals surface area contributed by atoms with E-state index in [1.54, 1.807) is 6.07 Å². The smallest absolute Gasteiger partial charge is 0.255 e. The summed E-state index contributed by atoms with van der Waals surface area (Å²) in [6, 6.07) is 7.54. The number of hydrogen-bond acceptors (Lipinski definition) is 5. The van der Waals surface area contributed by atoms with Crippen LogP contribution in [0, 0.1) is 0 Å². The lowest BCUT2D eigenvalue weighted by atomic mass is 10.0. The zero-order chi connectivity index (χ0) is 23.0. The summed E-state index contributed by atoms with van der Waals surface area (Å²) in [4.78, 5) is 35.3. The van der Waals surface area contributed by atoms with Crippen LogP contribution in [0.5, 0.6) is 5.75 Å². The number of halogens is 2. The minimum absolute atomic E-state index is 0.0277. The van der Waals surface area contributed by atoms with Gasteiger partial charge in [0.15, 0.2) is 11.6 Å². The molecule has 2 amide bonds. The molecule has 172 valence electrons. The molecule has 7 nitrogen and oxygen atoms in total. The van der Waals surface area contributed by atoms with Crippen LogP contribution in [0.2, 0.25) is 0 Å². The third-order valence-electron chi connectivity index (χ3n) is 7.41. The van der Waals surface area contributed by atoms with Crippen LogP contribution in [-0.4, -0.2) is 65.8 Å². The topological polar surface area (TPSA) is 66.0 Å². The normalized spacial score (nSPS) is 22.2. The first-order valence-electron chi connectivity index (χ1n) is 11.3. The summed E-state index contributed by atoms with van der Waals surface area (Å²) in [6.45, 7) is 1.06. The molecule has 1 saturated heterocycles. The first kappa shape index (κ1) is 20.4. The summed E-state index contributed by atoms with van der Waals surface area (Å²) in [6.07, 6.45) is 2.79. The number of carbonyl (C=O) groups excluding carboxylic acids is 2. The fourth-order valence-electron chi connectivity index (χ4n) is 5.24. The molecular formula is C24H24F2N4O3. The average molecular weight is 454 g/mol. The number of anilines is 2. The van der Waals surface area contributed by atoms with Crippen molar-refractivity contribution >= 4 is 23.3 Å². The van der Waals surface area contributed by atoms with E-state index in [0.717, 1.165) is 29.7 Å². The number of aromatic nitrogens is 1. The third kappa shape index (κ3) is 3.08. The summed E-state index contributed by atoms with van der Waals surface area (Å²) in [5.74, 6) is -1.86. The number of likely N-dealkylation sites (tertiary alicyclic amines) is 1. The molecule has 4 aliphatic rings. The van der Waals surface area contributed by atoms with Crippen LogP contribution in [0.3, 0.4) is 0 Å². The first-order chi connectivity index (χ1) is 15.8. The Morgan fingerprint density at radius 3 is 2.58 bits per heavy atom. The number of piperidine rings is 1. The second kappa shape index (κ2) is 6.88. The Bertz CT molecular complexity index is 1170. The third-order valence-corrected chi connectivity index (χ3v) is 7.41. The molecule has 1 aromatic heterocycles. The van der Waals surface area contributed by atoms with Gasteiger partial charge in [0, 0.05) is 50.4 Å². The van der Waals surface area contributed by atoms with Crippen molar-refractivity contribution in [2.24, 2.45) is 0 Å². The van der Waals surface area contributed by atoms with Gasteiger partial charge in [0.25, 0.3) is 17.7 Å². The molecule has 0 unspecified atom stereocenters. The predicted molar refractivity (Wildman–Crippen MR) is 116 cm³/mol. The second-order valence-corrected chi connectivity index (χ2v) is 9.32. The molecule has 3 aliphatic heterocycles. The quantitative estimate of drug-likeness (QED) is 0.694. The molecule has 1 spiro atoms. The Hall–Kier alpha value is -3.23. The van der Waals surface area contributed by atoms with Crippen LogP contribution in [0.4, 0.5) is 20.3 Å². The highest BCUT2D eigenvalue weighted by atomic mass is 19.3. The summed E-state index contributed by atoms with van der Waals surface area (Å²) in [5.41, 5.74) is 2.91. The van der Waals surface area contributed by atoms with E-state index in [0.29, 0.717) is 30.3 Å². The highest BCUT2D eigenvalue weighted by molar-refractivity contribution is 6.01. The lowest BCUT2D eigenvalue weighted by Gasteiger charge is -2.33. The van der Waals surface area contributed by atoms with Crippen LogP contribution in [0.15, 0.2) is 30.5 Å². The van der Waals surface area contributed by atoms with Crippen LogP contribution >= 0.6 is 0 Å². The number of rotatable bonds is 2. The molecule has 0 N–H and O–H groups in total. The van der Waals surface area contributed by atoms with Crippen LogP contribution in [0.1, 0.15) is 52.0 Å². The molecule has 4 heterocycles. The van der Waals surface area contributed by atoms with Crippen molar-refractivity contribution in [3.05, 3.63) is 47.2 Å². The lowest BCUT2D eigenvalue weighted by molar-refractivity contribution is -0.0494. The van der Waals surface area contributed by atoms with Gasteiger partial charge >= 0.3 is 0 Å². The summed E-state index contributed by atoms with van der Waals surface area (Å²) < 4.78 is 32.7. The van der Waals surface area contributed by atoms with Gasteiger partial charge in [-0.05, 0) is 42.7 Å². The van der Waals surface area contributed by atoms with Gasteiger partial charge in [0.1, 0.15) is 6.61 Å². The van der Waals surface area contributed by atoms with Gasteiger partial charge in [0.2, 0.25) is 0 Å². The van der Waals surface area contributed by atoms with Crippen molar-refractivity contribution in [2.45, 2.75) is 37.1 Å². The Morgan fingerprint density at radius 1 is 1.09 bits per heavy atom. The highest BCUT2D eigenvalue weighted by Gasteiger charge is 2.56. The maximum absolute atomic E-state index is 13.5. The Labute approximate surface area is 189 Å². The lowest BCUT2D eigenvalue weighted by Crippen LogP contribution is -2.42. The zero-order valence-electron chi connectivity index (χ0n) is 18.3. The number of fused-ring (bicyclic) bond motifs is 3. The van der Waals surface area contributed by atoms with E-state index in [2.05, 4.69) is 11.1 Å². The van der Waals surface area contributed by atoms with E-state index >= 15 is 0 Å². The molecular weight excluding hydrogens is 430 g/mol. The standard InChI is InChI=1S/C24H24F2N4O3/c1-28-22(32)17-3-2-16(13-18(17)23(28)4-5-23)30-10-11-33-19-12-15(14-27-20(19)30)21(31)29-8-6-24(25,26)7-9-29/h2-3,12-14H,4-11H2,1H3. The molecule has 1 saturated carbocycles. The predicted octanol–water partition coefficient (Wildman–Crippen LogP) is 3.56. The number of pyridine rings is 1. The zero-order valence-corrected chi connectivity index (χ0v) is 18.3. The van der Waals surface area contributed by atoms with Crippen molar-refractivity contribution in [3.8, 4) is 5.75 Å². The molecule has 1 aromatic carbocycles. The number of alkyl halides is 2. The van der Waals surface area contributed by atoms with Gasteiger partial charge in [-0.15, -0.1) is 0 Å². The van der Waals surface area contributed by atoms with Gasteiger partial charge in [-0.1, -0.05) is 0 Å². The van der Waals surface area contributed by atoms with E-state index in [9.17, 15) is 18.4 Å². The largest absolute Gasteiger partial charge is 0.488 e. The number of amides is 2. The maximum atomic E-state index is 13.5. The van der Waals surface area contributed by atoms with Crippen molar-refractivity contribution in [3.63, 3.8) is 0 Å². The average Bonchev–Trinajstić information content (AvgIpc) is 3.60. The minimum Gasteiger partial charge on any atom is -0.488 e. The van der Waals surface area contributed by atoms with Crippen molar-refractivity contribution < 1.29 is 23.1 Å². The second-order valence-electron chi connectivity index (χ2n) is 9.32. The van der Waals surface area contributed by atoms with E-state index in [4.69, 9.17) is 4.74 Å².